The number of allylic oxidation sites excluding steroid dienone is 3. The van der Waals surface area contributed by atoms with Gasteiger partial charge in [-0.25, -0.2) is 0 Å². The summed E-state index contributed by atoms with van der Waals surface area (Å²) in [6.07, 6.45) is 4.57. The first-order valence-electron chi connectivity index (χ1n) is 3.29. The van der Waals surface area contributed by atoms with Crippen LogP contribution in [0.1, 0.15) is 6.42 Å². The lowest BCUT2D eigenvalue weighted by Crippen LogP contribution is -1.78. The molecule has 1 unspecified atom stereocenters. The number of halogens is 1. The maximum atomic E-state index is 8.46. The van der Waals surface area contributed by atoms with Crippen molar-refractivity contribution in [3.8, 4) is 12.1 Å². The van der Waals surface area contributed by atoms with Gasteiger partial charge in [0.25, 0.3) is 0 Å². The summed E-state index contributed by atoms with van der Waals surface area (Å²) in [7, 11) is 0. The van der Waals surface area contributed by atoms with Gasteiger partial charge >= 0.3 is 0 Å². The Morgan fingerprint density at radius 2 is 2.33 bits per heavy atom. The molecule has 1 rings (SSSR count). The third-order valence-electron chi connectivity index (χ3n) is 1.30. The molecular weight excluding hydrogens is 236 g/mol. The average Bonchev–Trinajstić information content (AvgIpc) is 2.47. The SMILES string of the molecule is N#CC(C#N)=CC1=CCC(Br)S1. The third kappa shape index (κ3) is 2.41. The van der Waals surface area contributed by atoms with Crippen molar-refractivity contribution in [2.45, 2.75) is 10.6 Å². The van der Waals surface area contributed by atoms with E-state index in [1.165, 1.54) is 0 Å². The molecular formula is C8H5BrN2S. The standard InChI is InChI=1S/C8H5BrN2S/c9-8-2-1-7(12-8)3-6(4-10)5-11/h1,3,8H,2H2. The van der Waals surface area contributed by atoms with Crippen LogP contribution >= 0.6 is 27.7 Å². The number of rotatable bonds is 1. The molecule has 0 amide bonds. The first-order valence-corrected chi connectivity index (χ1v) is 5.08. The van der Waals surface area contributed by atoms with Crippen molar-refractivity contribution < 1.29 is 0 Å². The number of nitriles is 2. The van der Waals surface area contributed by atoms with Crippen molar-refractivity contribution in [3.63, 3.8) is 0 Å². The van der Waals surface area contributed by atoms with E-state index in [0.717, 1.165) is 11.3 Å². The lowest BCUT2D eigenvalue weighted by Gasteiger charge is -1.95. The minimum absolute atomic E-state index is 0.162. The van der Waals surface area contributed by atoms with E-state index in [4.69, 9.17) is 10.5 Å². The van der Waals surface area contributed by atoms with Gasteiger partial charge in [0.2, 0.25) is 0 Å². The molecule has 0 spiro atoms. The topological polar surface area (TPSA) is 47.6 Å². The zero-order valence-electron chi connectivity index (χ0n) is 6.12. The molecule has 0 N–H and O–H groups in total. The van der Waals surface area contributed by atoms with Crippen LogP contribution in [0.5, 0.6) is 0 Å². The maximum Gasteiger partial charge on any atom is 0.130 e. The third-order valence-corrected chi connectivity index (χ3v) is 3.24. The van der Waals surface area contributed by atoms with Crippen LogP contribution < -0.4 is 0 Å². The van der Waals surface area contributed by atoms with Crippen molar-refractivity contribution >= 4 is 27.7 Å². The molecule has 0 aromatic heterocycles. The average molecular weight is 241 g/mol. The Morgan fingerprint density at radius 3 is 2.75 bits per heavy atom. The Hall–Kier alpha value is -0.710. The van der Waals surface area contributed by atoms with Gasteiger partial charge in [-0.3, -0.25) is 0 Å². The molecule has 1 aliphatic heterocycles. The first kappa shape index (κ1) is 9.38. The zero-order chi connectivity index (χ0) is 8.97. The molecule has 0 aromatic carbocycles. The molecule has 1 aliphatic rings. The molecule has 1 heterocycles. The minimum Gasteiger partial charge on any atom is -0.192 e. The highest BCUT2D eigenvalue weighted by Gasteiger charge is 2.13. The van der Waals surface area contributed by atoms with Crippen molar-refractivity contribution in [3.05, 3.63) is 22.6 Å². The Kier molecular flexibility index (Phi) is 3.40. The predicted octanol–water partition coefficient (Wildman–Crippen LogP) is 2.70. The molecule has 4 heteroatoms. The summed E-state index contributed by atoms with van der Waals surface area (Å²) in [6.45, 7) is 0. The predicted molar refractivity (Wildman–Crippen MR) is 52.3 cm³/mol. The van der Waals surface area contributed by atoms with E-state index in [-0.39, 0.29) is 5.57 Å². The summed E-state index contributed by atoms with van der Waals surface area (Å²) in [6, 6.07) is 3.65. The molecule has 0 aromatic rings. The van der Waals surface area contributed by atoms with Gasteiger partial charge in [0, 0.05) is 4.91 Å². The molecule has 0 bridgehead atoms. The lowest BCUT2D eigenvalue weighted by molar-refractivity contribution is 1.22. The van der Waals surface area contributed by atoms with Gasteiger partial charge in [-0.2, -0.15) is 10.5 Å². The summed E-state index contributed by atoms with van der Waals surface area (Å²) in [5.41, 5.74) is 0.162. The summed E-state index contributed by atoms with van der Waals surface area (Å²) < 4.78 is 0.391. The molecule has 1 atom stereocenters. The highest BCUT2D eigenvalue weighted by atomic mass is 79.9. The summed E-state index contributed by atoms with van der Waals surface area (Å²) in [5, 5.41) is 16.9. The fourth-order valence-corrected chi connectivity index (χ4v) is 2.48. The summed E-state index contributed by atoms with van der Waals surface area (Å²) >= 11 is 5.05. The minimum atomic E-state index is 0.162. The van der Waals surface area contributed by atoms with Crippen LogP contribution in [-0.4, -0.2) is 4.16 Å². The molecule has 0 radical (unpaired) electrons. The zero-order valence-corrected chi connectivity index (χ0v) is 8.52. The molecule has 12 heavy (non-hydrogen) atoms. The van der Waals surface area contributed by atoms with Crippen LogP contribution in [0.3, 0.4) is 0 Å². The molecule has 0 fully saturated rings. The van der Waals surface area contributed by atoms with Crippen LogP contribution in [0.4, 0.5) is 0 Å². The van der Waals surface area contributed by atoms with E-state index < -0.39 is 0 Å². The van der Waals surface area contributed by atoms with Crippen LogP contribution in [-0.2, 0) is 0 Å². The summed E-state index contributed by atoms with van der Waals surface area (Å²) in [4.78, 5) is 0.995. The van der Waals surface area contributed by atoms with E-state index in [2.05, 4.69) is 15.9 Å². The summed E-state index contributed by atoms with van der Waals surface area (Å²) in [5.74, 6) is 0. The lowest BCUT2D eigenvalue weighted by atomic mass is 10.3. The largest absolute Gasteiger partial charge is 0.192 e. The van der Waals surface area contributed by atoms with Crippen LogP contribution in [0, 0.1) is 22.7 Å². The van der Waals surface area contributed by atoms with Crippen molar-refractivity contribution in [1.29, 1.82) is 10.5 Å². The highest BCUT2D eigenvalue weighted by molar-refractivity contribution is 9.11. The van der Waals surface area contributed by atoms with Gasteiger partial charge in [-0.15, -0.1) is 11.8 Å². The normalized spacial score (nSPS) is 20.6. The van der Waals surface area contributed by atoms with E-state index in [1.807, 2.05) is 18.2 Å². The highest BCUT2D eigenvalue weighted by Crippen LogP contribution is 2.36. The van der Waals surface area contributed by atoms with Gasteiger partial charge in [0.15, 0.2) is 0 Å². The smallest absolute Gasteiger partial charge is 0.130 e. The number of alkyl halides is 1. The molecule has 2 nitrogen and oxygen atoms in total. The van der Waals surface area contributed by atoms with E-state index in [0.29, 0.717) is 4.16 Å². The van der Waals surface area contributed by atoms with Gasteiger partial charge in [-0.05, 0) is 12.5 Å². The van der Waals surface area contributed by atoms with Crippen LogP contribution in [0.25, 0.3) is 0 Å². The van der Waals surface area contributed by atoms with Crippen molar-refractivity contribution in [2.75, 3.05) is 0 Å². The Morgan fingerprint density at radius 1 is 1.67 bits per heavy atom. The molecule has 0 aliphatic carbocycles. The number of thioether (sulfide) groups is 1. The van der Waals surface area contributed by atoms with E-state index >= 15 is 0 Å². The van der Waals surface area contributed by atoms with Crippen LogP contribution in [0.2, 0.25) is 0 Å². The maximum absolute atomic E-state index is 8.46. The van der Waals surface area contributed by atoms with E-state index in [9.17, 15) is 0 Å². The van der Waals surface area contributed by atoms with Gasteiger partial charge < -0.3 is 0 Å². The molecule has 60 valence electrons. The van der Waals surface area contributed by atoms with E-state index in [1.54, 1.807) is 17.8 Å². The number of hydrogen-bond donors (Lipinski definition) is 0. The second-order valence-electron chi connectivity index (χ2n) is 2.15. The second kappa shape index (κ2) is 4.35. The Balaban J connectivity index is 2.71. The second-order valence-corrected chi connectivity index (χ2v) is 5.14. The number of nitrogens with zero attached hydrogens (tertiary/aromatic N) is 2. The van der Waals surface area contributed by atoms with Gasteiger partial charge in [0.05, 0.1) is 4.16 Å². The number of hydrogen-bond acceptors (Lipinski definition) is 3. The molecule has 0 saturated heterocycles. The fourth-order valence-electron chi connectivity index (χ4n) is 0.777. The van der Waals surface area contributed by atoms with Gasteiger partial charge in [-0.1, -0.05) is 22.0 Å². The Bertz CT molecular complexity index is 303. The first-order chi connectivity index (χ1) is 5.76. The van der Waals surface area contributed by atoms with Crippen molar-refractivity contribution in [1.82, 2.24) is 0 Å². The Labute approximate surface area is 83.7 Å². The van der Waals surface area contributed by atoms with Crippen LogP contribution in [0.15, 0.2) is 22.6 Å². The quantitative estimate of drug-likeness (QED) is 0.523. The monoisotopic (exact) mass is 240 g/mol. The fraction of sp³-hybridized carbons (Fsp3) is 0.250. The van der Waals surface area contributed by atoms with Crippen molar-refractivity contribution in [2.24, 2.45) is 0 Å². The van der Waals surface area contributed by atoms with Gasteiger partial charge in [0.1, 0.15) is 17.7 Å². The molecule has 0 saturated carbocycles.